The maximum atomic E-state index is 6.15. The number of hydrogen-bond acceptors (Lipinski definition) is 3. The Balaban J connectivity index is 0.00000208. The zero-order chi connectivity index (χ0) is 16.2. The largest absolute Gasteiger partial charge is 0.495 e. The fraction of sp³-hybridized carbons (Fsp3) is 0.588. The van der Waals surface area contributed by atoms with Crippen molar-refractivity contribution in [3.8, 4) is 5.75 Å². The summed E-state index contributed by atoms with van der Waals surface area (Å²) < 4.78 is 5.47. The summed E-state index contributed by atoms with van der Waals surface area (Å²) in [6.07, 6.45) is 4.88. The first-order chi connectivity index (χ1) is 11.2. The number of aliphatic imine (C=N–C) groups is 1. The van der Waals surface area contributed by atoms with Crippen molar-refractivity contribution in [1.82, 2.24) is 10.6 Å². The number of benzene rings is 1. The first-order valence-corrected chi connectivity index (χ1v) is 8.65. The van der Waals surface area contributed by atoms with E-state index in [1.165, 1.54) is 19.3 Å². The molecule has 1 aromatic carbocycles. The van der Waals surface area contributed by atoms with E-state index in [4.69, 9.17) is 16.3 Å². The third-order valence-electron chi connectivity index (χ3n) is 4.68. The summed E-state index contributed by atoms with van der Waals surface area (Å²) in [5.41, 5.74) is 1.06. The second kappa shape index (κ2) is 8.99. The van der Waals surface area contributed by atoms with Gasteiger partial charge in [0.25, 0.3) is 0 Å². The molecule has 2 N–H and O–H groups in total. The second-order valence-corrected chi connectivity index (χ2v) is 6.67. The van der Waals surface area contributed by atoms with Gasteiger partial charge in [-0.1, -0.05) is 11.6 Å². The molecule has 0 aromatic heterocycles. The summed E-state index contributed by atoms with van der Waals surface area (Å²) in [7, 11) is 3.53. The number of methoxy groups -OCH3 is 1. The Labute approximate surface area is 166 Å². The van der Waals surface area contributed by atoms with E-state index in [0.717, 1.165) is 41.9 Å². The Morgan fingerprint density at radius 1 is 1.25 bits per heavy atom. The minimum Gasteiger partial charge on any atom is -0.495 e. The van der Waals surface area contributed by atoms with Crippen LogP contribution in [0.2, 0.25) is 5.02 Å². The fourth-order valence-corrected chi connectivity index (χ4v) is 3.28. The predicted molar refractivity (Wildman–Crippen MR) is 111 cm³/mol. The summed E-state index contributed by atoms with van der Waals surface area (Å²) in [6.45, 7) is 1.90. The van der Waals surface area contributed by atoms with E-state index in [9.17, 15) is 0 Å². The van der Waals surface area contributed by atoms with Crippen molar-refractivity contribution in [2.75, 3.05) is 32.1 Å². The van der Waals surface area contributed by atoms with Crippen molar-refractivity contribution in [3.63, 3.8) is 0 Å². The van der Waals surface area contributed by atoms with Crippen molar-refractivity contribution < 1.29 is 4.74 Å². The topological polar surface area (TPSA) is 48.9 Å². The predicted octanol–water partition coefficient (Wildman–Crippen LogP) is 3.26. The Kier molecular flexibility index (Phi) is 7.28. The molecular weight excluding hydrogens is 439 g/mol. The summed E-state index contributed by atoms with van der Waals surface area (Å²) >= 11 is 6.15. The van der Waals surface area contributed by atoms with Gasteiger partial charge in [-0.3, -0.25) is 4.99 Å². The van der Waals surface area contributed by atoms with Gasteiger partial charge >= 0.3 is 0 Å². The number of hydrogen-bond donors (Lipinski definition) is 2. The molecule has 1 saturated carbocycles. The van der Waals surface area contributed by atoms with Gasteiger partial charge in [0, 0.05) is 37.2 Å². The van der Waals surface area contributed by atoms with E-state index >= 15 is 0 Å². The molecule has 7 heteroatoms. The van der Waals surface area contributed by atoms with Crippen LogP contribution in [-0.4, -0.2) is 45.3 Å². The lowest BCUT2D eigenvalue weighted by Gasteiger charge is -2.29. The maximum Gasteiger partial charge on any atom is 0.191 e. The third-order valence-corrected chi connectivity index (χ3v) is 4.92. The van der Waals surface area contributed by atoms with Crippen LogP contribution in [-0.2, 0) is 0 Å². The molecule has 0 radical (unpaired) electrons. The van der Waals surface area contributed by atoms with E-state index in [0.29, 0.717) is 12.1 Å². The molecule has 1 unspecified atom stereocenters. The van der Waals surface area contributed by atoms with E-state index in [1.54, 1.807) is 7.11 Å². The zero-order valence-corrected chi connectivity index (χ0v) is 17.3. The third kappa shape index (κ3) is 4.59. The molecule has 1 saturated heterocycles. The number of halogens is 2. The number of guanidine groups is 1. The molecule has 0 spiro atoms. The van der Waals surface area contributed by atoms with Gasteiger partial charge in [-0.2, -0.15) is 0 Å². The molecule has 1 aromatic rings. The minimum absolute atomic E-state index is 0. The molecule has 1 aliphatic heterocycles. The highest BCUT2D eigenvalue weighted by molar-refractivity contribution is 14.0. The van der Waals surface area contributed by atoms with Crippen LogP contribution in [0, 0.1) is 0 Å². The molecule has 1 aliphatic carbocycles. The standard InChI is InChI=1S/C17H25ClN4O.HI/c1-19-17(20-13-4-3-5-13)21-14-8-9-22(11-14)15-10-12(18)6-7-16(15)23-2;/h6-7,10,13-14H,3-5,8-9,11H2,1-2H3,(H2,19,20,21);1H. The highest BCUT2D eigenvalue weighted by atomic mass is 127. The van der Waals surface area contributed by atoms with Crippen molar-refractivity contribution >= 4 is 47.2 Å². The molecular formula is C17H26ClIN4O. The lowest BCUT2D eigenvalue weighted by Crippen LogP contribution is -2.50. The Morgan fingerprint density at radius 3 is 2.62 bits per heavy atom. The summed E-state index contributed by atoms with van der Waals surface area (Å²) in [6, 6.07) is 6.73. The molecule has 5 nitrogen and oxygen atoms in total. The summed E-state index contributed by atoms with van der Waals surface area (Å²) in [4.78, 5) is 6.67. The van der Waals surface area contributed by atoms with E-state index in [-0.39, 0.29) is 24.0 Å². The van der Waals surface area contributed by atoms with Gasteiger partial charge in [0.05, 0.1) is 12.8 Å². The lowest BCUT2D eigenvalue weighted by molar-refractivity contribution is 0.378. The van der Waals surface area contributed by atoms with Gasteiger partial charge in [-0.15, -0.1) is 24.0 Å². The van der Waals surface area contributed by atoms with Crippen LogP contribution in [0.4, 0.5) is 5.69 Å². The first-order valence-electron chi connectivity index (χ1n) is 8.28. The minimum atomic E-state index is 0. The van der Waals surface area contributed by atoms with Crippen LogP contribution in [0.5, 0.6) is 5.75 Å². The Morgan fingerprint density at radius 2 is 2.00 bits per heavy atom. The Hall–Kier alpha value is -0.890. The van der Waals surface area contributed by atoms with Crippen LogP contribution >= 0.6 is 35.6 Å². The van der Waals surface area contributed by atoms with Crippen LogP contribution < -0.4 is 20.3 Å². The molecule has 1 heterocycles. The smallest absolute Gasteiger partial charge is 0.191 e. The molecule has 1 atom stereocenters. The van der Waals surface area contributed by atoms with Gasteiger partial charge in [-0.05, 0) is 43.9 Å². The molecule has 0 bridgehead atoms. The molecule has 3 rings (SSSR count). The number of anilines is 1. The SMILES string of the molecule is CN=C(NC1CCC1)NC1CCN(c2cc(Cl)ccc2OC)C1.I. The highest BCUT2D eigenvalue weighted by Crippen LogP contribution is 2.33. The van der Waals surface area contributed by atoms with E-state index in [1.807, 2.05) is 25.2 Å². The number of ether oxygens (including phenoxy) is 1. The number of nitrogens with zero attached hydrogens (tertiary/aromatic N) is 2. The van der Waals surface area contributed by atoms with Crippen LogP contribution in [0.25, 0.3) is 0 Å². The van der Waals surface area contributed by atoms with Crippen molar-refractivity contribution in [1.29, 1.82) is 0 Å². The van der Waals surface area contributed by atoms with Gasteiger partial charge < -0.3 is 20.3 Å². The maximum absolute atomic E-state index is 6.15. The highest BCUT2D eigenvalue weighted by Gasteiger charge is 2.26. The van der Waals surface area contributed by atoms with Crippen LogP contribution in [0.15, 0.2) is 23.2 Å². The van der Waals surface area contributed by atoms with Crippen LogP contribution in [0.1, 0.15) is 25.7 Å². The summed E-state index contributed by atoms with van der Waals surface area (Å²) in [5, 5.41) is 7.77. The fourth-order valence-electron chi connectivity index (χ4n) is 3.12. The van der Waals surface area contributed by atoms with E-state index < -0.39 is 0 Å². The Bertz CT molecular complexity index is 580. The first kappa shape index (κ1) is 19.4. The summed E-state index contributed by atoms with van der Waals surface area (Å²) in [5.74, 6) is 1.78. The molecule has 24 heavy (non-hydrogen) atoms. The van der Waals surface area contributed by atoms with E-state index in [2.05, 4.69) is 20.5 Å². The van der Waals surface area contributed by atoms with Crippen molar-refractivity contribution in [3.05, 3.63) is 23.2 Å². The lowest BCUT2D eigenvalue weighted by atomic mass is 9.93. The molecule has 0 amide bonds. The van der Waals surface area contributed by atoms with Crippen molar-refractivity contribution in [2.24, 2.45) is 4.99 Å². The van der Waals surface area contributed by atoms with Gasteiger partial charge in [0.2, 0.25) is 0 Å². The van der Waals surface area contributed by atoms with Crippen LogP contribution in [0.3, 0.4) is 0 Å². The average molecular weight is 465 g/mol. The molecule has 2 aliphatic rings. The van der Waals surface area contributed by atoms with Crippen molar-refractivity contribution in [2.45, 2.75) is 37.8 Å². The number of nitrogens with one attached hydrogen (secondary N) is 2. The monoisotopic (exact) mass is 464 g/mol. The molecule has 2 fully saturated rings. The van der Waals surface area contributed by atoms with Gasteiger partial charge in [0.1, 0.15) is 5.75 Å². The normalized spacial score (nSPS) is 21.0. The quantitative estimate of drug-likeness (QED) is 0.408. The molecule has 134 valence electrons. The van der Waals surface area contributed by atoms with Gasteiger partial charge in [-0.25, -0.2) is 0 Å². The second-order valence-electron chi connectivity index (χ2n) is 6.24. The zero-order valence-electron chi connectivity index (χ0n) is 14.2. The average Bonchev–Trinajstić information content (AvgIpc) is 2.98. The number of rotatable bonds is 4. The van der Waals surface area contributed by atoms with Gasteiger partial charge in [0.15, 0.2) is 5.96 Å².